The van der Waals surface area contributed by atoms with Crippen molar-refractivity contribution in [1.29, 1.82) is 0 Å². The Hall–Kier alpha value is -2.54. The molecule has 2 N–H and O–H groups in total. The topological polar surface area (TPSA) is 56.7 Å². The molecule has 8 heteroatoms. The molecule has 1 amide bonds. The van der Waals surface area contributed by atoms with Crippen LogP contribution in [-0.2, 0) is 0 Å². The average Bonchev–Trinajstić information content (AvgIpc) is 2.81. The van der Waals surface area contributed by atoms with Crippen LogP contribution < -0.4 is 15.6 Å². The summed E-state index contributed by atoms with van der Waals surface area (Å²) in [7, 11) is 0. The molecule has 0 radical (unpaired) electrons. The fourth-order valence-electron chi connectivity index (χ4n) is 3.05. The maximum atomic E-state index is 12.7. The minimum absolute atomic E-state index is 0.298. The number of alkyl halides is 2. The van der Waals surface area contributed by atoms with E-state index in [0.29, 0.717) is 23.0 Å². The molecule has 0 heterocycles. The summed E-state index contributed by atoms with van der Waals surface area (Å²) >= 11 is 15.2. The summed E-state index contributed by atoms with van der Waals surface area (Å²) in [5, 5.41) is 7.38. The van der Waals surface area contributed by atoms with E-state index in [2.05, 4.69) is 36.7 Å². The number of nitrogens with zero attached hydrogens (tertiary/aromatic N) is 2. The molecule has 5 nitrogen and oxygen atoms in total. The number of hydrogen-bond donors (Lipinski definition) is 2. The SMILES string of the molecule is O=C(NN=Cc1ccc(N(CCCl)CCCl)cc1)c1ccccc1Nc1ccc(Br)cc1. The molecule has 3 aromatic carbocycles. The molecule has 0 saturated heterocycles. The van der Waals surface area contributed by atoms with Crippen molar-refractivity contribution < 1.29 is 4.79 Å². The highest BCUT2D eigenvalue weighted by molar-refractivity contribution is 9.10. The molecule has 0 aromatic heterocycles. The van der Waals surface area contributed by atoms with Gasteiger partial charge in [0.1, 0.15) is 0 Å². The lowest BCUT2D eigenvalue weighted by Gasteiger charge is -2.22. The first kappa shape index (κ1) is 24.1. The van der Waals surface area contributed by atoms with Crippen molar-refractivity contribution in [2.75, 3.05) is 35.1 Å². The van der Waals surface area contributed by atoms with E-state index >= 15 is 0 Å². The van der Waals surface area contributed by atoms with Crippen LogP contribution in [-0.4, -0.2) is 37.0 Å². The Bertz CT molecular complexity index is 1040. The molecular formula is C24H23BrCl2N4O. The summed E-state index contributed by atoms with van der Waals surface area (Å²) in [6.45, 7) is 1.46. The van der Waals surface area contributed by atoms with Crippen LogP contribution in [0.4, 0.5) is 17.1 Å². The number of carbonyl (C=O) groups excluding carboxylic acids is 1. The van der Waals surface area contributed by atoms with Gasteiger partial charge < -0.3 is 10.2 Å². The van der Waals surface area contributed by atoms with Gasteiger partial charge in [0.25, 0.3) is 5.91 Å². The predicted molar refractivity (Wildman–Crippen MR) is 139 cm³/mol. The lowest BCUT2D eigenvalue weighted by molar-refractivity contribution is 0.0956. The van der Waals surface area contributed by atoms with Crippen LogP contribution in [0.15, 0.2) is 82.4 Å². The van der Waals surface area contributed by atoms with Gasteiger partial charge in [-0.2, -0.15) is 5.10 Å². The number of rotatable bonds is 10. The summed E-state index contributed by atoms with van der Waals surface area (Å²) < 4.78 is 0.988. The Morgan fingerprint density at radius 1 is 0.938 bits per heavy atom. The number of amides is 1. The van der Waals surface area contributed by atoms with E-state index in [-0.39, 0.29) is 5.91 Å². The highest BCUT2D eigenvalue weighted by atomic mass is 79.9. The molecule has 0 bridgehead atoms. The third-order valence-electron chi connectivity index (χ3n) is 4.64. The molecule has 0 saturated carbocycles. The van der Waals surface area contributed by atoms with Gasteiger partial charge in [-0.1, -0.05) is 40.2 Å². The summed E-state index contributed by atoms with van der Waals surface area (Å²) in [6, 6.07) is 22.9. The maximum absolute atomic E-state index is 12.7. The number of benzene rings is 3. The lowest BCUT2D eigenvalue weighted by Crippen LogP contribution is -2.27. The third-order valence-corrected chi connectivity index (χ3v) is 5.51. The van der Waals surface area contributed by atoms with Crippen LogP contribution >= 0.6 is 39.1 Å². The fourth-order valence-corrected chi connectivity index (χ4v) is 3.72. The van der Waals surface area contributed by atoms with Gasteiger partial charge in [0.2, 0.25) is 0 Å². The first-order valence-electron chi connectivity index (χ1n) is 10.0. The second-order valence-electron chi connectivity index (χ2n) is 6.83. The Morgan fingerprint density at radius 2 is 1.59 bits per heavy atom. The molecule has 32 heavy (non-hydrogen) atoms. The van der Waals surface area contributed by atoms with Gasteiger partial charge in [-0.25, -0.2) is 5.43 Å². The number of hydrazone groups is 1. The highest BCUT2D eigenvalue weighted by Gasteiger charge is 2.10. The Kier molecular flexibility index (Phi) is 9.41. The van der Waals surface area contributed by atoms with Gasteiger partial charge in [-0.15, -0.1) is 23.2 Å². The zero-order valence-electron chi connectivity index (χ0n) is 17.3. The second kappa shape index (κ2) is 12.5. The molecule has 0 aliphatic carbocycles. The number of halogens is 3. The van der Waals surface area contributed by atoms with E-state index < -0.39 is 0 Å². The molecule has 0 aliphatic rings. The van der Waals surface area contributed by atoms with Crippen LogP contribution in [0, 0.1) is 0 Å². The fraction of sp³-hybridized carbons (Fsp3) is 0.167. The van der Waals surface area contributed by atoms with E-state index in [0.717, 1.165) is 34.5 Å². The zero-order chi connectivity index (χ0) is 22.8. The quantitative estimate of drug-likeness (QED) is 0.184. The largest absolute Gasteiger partial charge is 0.369 e. The Labute approximate surface area is 206 Å². The monoisotopic (exact) mass is 532 g/mol. The average molecular weight is 534 g/mol. The molecule has 0 spiro atoms. The zero-order valence-corrected chi connectivity index (χ0v) is 20.4. The van der Waals surface area contributed by atoms with E-state index in [4.69, 9.17) is 23.2 Å². The van der Waals surface area contributed by atoms with E-state index in [1.165, 1.54) is 0 Å². The van der Waals surface area contributed by atoms with Gasteiger partial charge in [0.05, 0.1) is 17.5 Å². The second-order valence-corrected chi connectivity index (χ2v) is 8.50. The predicted octanol–water partition coefficient (Wildman–Crippen LogP) is 6.24. The number of anilines is 3. The molecule has 166 valence electrons. The van der Waals surface area contributed by atoms with Crippen molar-refractivity contribution >= 4 is 68.3 Å². The molecule has 0 atom stereocenters. The van der Waals surface area contributed by atoms with Gasteiger partial charge in [0.15, 0.2) is 0 Å². The normalized spacial score (nSPS) is 10.8. The van der Waals surface area contributed by atoms with Crippen molar-refractivity contribution in [2.45, 2.75) is 0 Å². The van der Waals surface area contributed by atoms with Crippen LogP contribution in [0.25, 0.3) is 0 Å². The van der Waals surface area contributed by atoms with Crippen LogP contribution in [0.2, 0.25) is 0 Å². The standard InChI is InChI=1S/C24H23BrCl2N4O/c25-19-7-9-20(10-8-19)29-23-4-2-1-3-22(23)24(32)30-28-17-18-5-11-21(12-6-18)31(15-13-26)16-14-27/h1-12,17,29H,13-16H2,(H,30,32). The number of carbonyl (C=O) groups is 1. The van der Waals surface area contributed by atoms with E-state index in [1.54, 1.807) is 12.3 Å². The molecule has 0 fully saturated rings. The van der Waals surface area contributed by atoms with Crippen molar-refractivity contribution in [3.63, 3.8) is 0 Å². The lowest BCUT2D eigenvalue weighted by atomic mass is 10.1. The summed E-state index contributed by atoms with van der Waals surface area (Å²) in [4.78, 5) is 14.8. The van der Waals surface area contributed by atoms with Crippen molar-refractivity contribution in [3.05, 3.63) is 88.4 Å². The summed E-state index contributed by atoms with van der Waals surface area (Å²) in [5.41, 5.74) is 6.59. The minimum Gasteiger partial charge on any atom is -0.369 e. The summed E-state index contributed by atoms with van der Waals surface area (Å²) in [6.07, 6.45) is 1.61. The van der Waals surface area contributed by atoms with Crippen LogP contribution in [0.5, 0.6) is 0 Å². The minimum atomic E-state index is -0.298. The van der Waals surface area contributed by atoms with Crippen molar-refractivity contribution in [1.82, 2.24) is 5.43 Å². The van der Waals surface area contributed by atoms with Gasteiger partial charge in [0, 0.05) is 40.7 Å². The van der Waals surface area contributed by atoms with Crippen LogP contribution in [0.3, 0.4) is 0 Å². The van der Waals surface area contributed by atoms with Gasteiger partial charge in [-0.05, 0) is 54.1 Å². The Balaban J connectivity index is 1.63. The van der Waals surface area contributed by atoms with Gasteiger partial charge in [-0.3, -0.25) is 4.79 Å². The van der Waals surface area contributed by atoms with Crippen LogP contribution in [0.1, 0.15) is 15.9 Å². The number of nitrogens with one attached hydrogen (secondary N) is 2. The molecule has 3 rings (SSSR count). The first-order valence-corrected chi connectivity index (χ1v) is 11.9. The van der Waals surface area contributed by atoms with E-state index in [9.17, 15) is 4.79 Å². The molecular weight excluding hydrogens is 511 g/mol. The number of hydrogen-bond acceptors (Lipinski definition) is 4. The smallest absolute Gasteiger partial charge is 0.273 e. The highest BCUT2D eigenvalue weighted by Crippen LogP contribution is 2.22. The number of para-hydroxylation sites is 1. The van der Waals surface area contributed by atoms with E-state index in [1.807, 2.05) is 66.7 Å². The molecule has 0 unspecified atom stereocenters. The molecule has 0 aliphatic heterocycles. The molecule has 3 aromatic rings. The van der Waals surface area contributed by atoms with Crippen molar-refractivity contribution in [2.24, 2.45) is 5.10 Å². The van der Waals surface area contributed by atoms with Gasteiger partial charge >= 0.3 is 0 Å². The third kappa shape index (κ3) is 6.99. The maximum Gasteiger partial charge on any atom is 0.273 e. The first-order chi connectivity index (χ1) is 15.6. The Morgan fingerprint density at radius 3 is 2.25 bits per heavy atom. The summed E-state index contributed by atoms with van der Waals surface area (Å²) in [5.74, 6) is 0.766. The van der Waals surface area contributed by atoms with Crippen molar-refractivity contribution in [3.8, 4) is 0 Å².